The van der Waals surface area contributed by atoms with Crippen molar-refractivity contribution in [1.29, 1.82) is 0 Å². The first-order chi connectivity index (χ1) is 18.4. The number of amides is 1. The van der Waals surface area contributed by atoms with Crippen molar-refractivity contribution in [2.45, 2.75) is 66.2 Å². The van der Waals surface area contributed by atoms with Crippen molar-refractivity contribution in [3.8, 4) is 5.75 Å². The molecule has 1 aliphatic rings. The Labute approximate surface area is 234 Å². The summed E-state index contributed by atoms with van der Waals surface area (Å²) in [6.45, 7) is 13.8. The van der Waals surface area contributed by atoms with E-state index in [0.717, 1.165) is 91.5 Å². The van der Waals surface area contributed by atoms with Crippen molar-refractivity contribution in [2.75, 3.05) is 56.2 Å². The van der Waals surface area contributed by atoms with Crippen LogP contribution in [0.3, 0.4) is 0 Å². The second-order valence-electron chi connectivity index (χ2n) is 9.49. The zero-order chi connectivity index (χ0) is 27.9. The van der Waals surface area contributed by atoms with Gasteiger partial charge in [0.05, 0.1) is 23.0 Å². The molecule has 0 atom stereocenters. The summed E-state index contributed by atoms with van der Waals surface area (Å²) in [5.41, 5.74) is 4.09. The summed E-state index contributed by atoms with van der Waals surface area (Å²) < 4.78 is 6.04. The Morgan fingerprint density at radius 1 is 1.11 bits per heavy atom. The van der Waals surface area contributed by atoms with E-state index in [4.69, 9.17) is 16.3 Å². The molecule has 0 aliphatic carbocycles. The van der Waals surface area contributed by atoms with Gasteiger partial charge in [0.1, 0.15) is 12.0 Å². The summed E-state index contributed by atoms with van der Waals surface area (Å²) in [5.74, 6) is 0.839. The fourth-order valence-electron chi connectivity index (χ4n) is 4.60. The predicted octanol–water partition coefficient (Wildman–Crippen LogP) is 6.55. The first kappa shape index (κ1) is 31.6. The molecule has 1 heterocycles. The average Bonchev–Trinajstić information content (AvgIpc) is 2.94. The molecule has 2 aromatic rings. The summed E-state index contributed by atoms with van der Waals surface area (Å²) in [4.78, 5) is 29.9. The van der Waals surface area contributed by atoms with Gasteiger partial charge in [-0.05, 0) is 62.4 Å². The number of hydrogen-bond acceptors (Lipinski definition) is 5. The largest absolute Gasteiger partial charge is 0.494 e. The highest BCUT2D eigenvalue weighted by Gasteiger charge is 2.19. The van der Waals surface area contributed by atoms with Crippen LogP contribution in [0, 0.1) is 6.92 Å². The van der Waals surface area contributed by atoms with Gasteiger partial charge < -0.3 is 19.3 Å². The number of hydrogen-bond donors (Lipinski definition) is 0. The van der Waals surface area contributed by atoms with Crippen LogP contribution in [-0.2, 0) is 16.0 Å². The Morgan fingerprint density at radius 2 is 1.84 bits per heavy atom. The highest BCUT2D eigenvalue weighted by molar-refractivity contribution is 6.34. The molecule has 0 N–H and O–H groups in total. The lowest BCUT2D eigenvalue weighted by atomic mass is 10.1. The normalized spacial score (nSPS) is 13.5. The summed E-state index contributed by atoms with van der Waals surface area (Å²) in [6.07, 6.45) is 5.32. The average molecular weight is 544 g/mol. The second-order valence-corrected chi connectivity index (χ2v) is 9.87. The van der Waals surface area contributed by atoms with Crippen LogP contribution >= 0.6 is 11.6 Å². The van der Waals surface area contributed by atoms with Crippen LogP contribution in [-0.4, -0.2) is 63.5 Å². The van der Waals surface area contributed by atoms with E-state index in [2.05, 4.69) is 34.9 Å². The SMILES string of the molecule is CC.CCCC(=O)N(C)c1cc(OCCCCN2CCN(c3cccc(C)c3Cl)CC2)ccc1CCC=O. The van der Waals surface area contributed by atoms with E-state index in [1.807, 2.05) is 39.0 Å². The fraction of sp³-hybridized carbons (Fsp3) is 0.548. The second kappa shape index (κ2) is 17.1. The number of carbonyl (C=O) groups is 2. The van der Waals surface area contributed by atoms with Crippen molar-refractivity contribution in [3.63, 3.8) is 0 Å². The van der Waals surface area contributed by atoms with Crippen molar-refractivity contribution >= 4 is 35.2 Å². The molecule has 0 saturated carbocycles. The minimum atomic E-state index is 0.0757. The van der Waals surface area contributed by atoms with Gasteiger partial charge in [-0.25, -0.2) is 0 Å². The van der Waals surface area contributed by atoms with Crippen LogP contribution in [0.1, 0.15) is 64.0 Å². The molecular formula is C31H46ClN3O3. The van der Waals surface area contributed by atoms with Crippen molar-refractivity contribution < 1.29 is 14.3 Å². The molecule has 3 rings (SSSR count). The quantitative estimate of drug-likeness (QED) is 0.212. The third-order valence-electron chi connectivity index (χ3n) is 6.81. The van der Waals surface area contributed by atoms with Gasteiger partial charge in [0.2, 0.25) is 5.91 Å². The fourth-order valence-corrected chi connectivity index (χ4v) is 4.85. The third kappa shape index (κ3) is 9.32. The standard InChI is InChI=1S/C29H40ClN3O3.C2H6/c1-4-9-28(35)31(3)27-22-25(14-13-24(27)11-8-20-34)36-21-6-5-15-32-16-18-33(19-17-32)26-12-7-10-23(2)29(26)30;1-2/h7,10,12-14,20,22H,4-6,8-9,11,15-19,21H2,1-3H3;1-2H3. The Balaban J connectivity index is 0.00000247. The van der Waals surface area contributed by atoms with Gasteiger partial charge in [-0.15, -0.1) is 0 Å². The first-order valence-electron chi connectivity index (χ1n) is 14.1. The van der Waals surface area contributed by atoms with Crippen LogP contribution in [0.2, 0.25) is 5.02 Å². The molecule has 0 radical (unpaired) electrons. The molecule has 1 amide bonds. The number of anilines is 2. The summed E-state index contributed by atoms with van der Waals surface area (Å²) >= 11 is 6.52. The summed E-state index contributed by atoms with van der Waals surface area (Å²) in [7, 11) is 1.80. The number of piperazine rings is 1. The Morgan fingerprint density at radius 3 is 2.53 bits per heavy atom. The molecule has 1 saturated heterocycles. The highest BCUT2D eigenvalue weighted by Crippen LogP contribution is 2.30. The molecule has 7 heteroatoms. The van der Waals surface area contributed by atoms with Crippen molar-refractivity contribution in [2.24, 2.45) is 0 Å². The maximum atomic E-state index is 12.5. The minimum absolute atomic E-state index is 0.0757. The molecule has 2 aromatic carbocycles. The molecule has 0 unspecified atom stereocenters. The predicted molar refractivity (Wildman–Crippen MR) is 160 cm³/mol. The van der Waals surface area contributed by atoms with Gasteiger partial charge in [-0.2, -0.15) is 0 Å². The number of halogens is 1. The maximum absolute atomic E-state index is 12.5. The minimum Gasteiger partial charge on any atom is -0.494 e. The molecule has 1 fully saturated rings. The number of unbranched alkanes of at least 4 members (excludes halogenated alkanes) is 1. The molecule has 210 valence electrons. The Kier molecular flexibility index (Phi) is 14.2. The Bertz CT molecular complexity index is 1010. The van der Waals surface area contributed by atoms with E-state index in [-0.39, 0.29) is 5.91 Å². The number of benzene rings is 2. The number of carbonyl (C=O) groups excluding carboxylic acids is 2. The van der Waals surface area contributed by atoms with Crippen LogP contribution < -0.4 is 14.5 Å². The molecular weight excluding hydrogens is 498 g/mol. The van der Waals surface area contributed by atoms with Gasteiger partial charge in [-0.3, -0.25) is 9.69 Å². The zero-order valence-corrected chi connectivity index (χ0v) is 24.7. The van der Waals surface area contributed by atoms with E-state index in [9.17, 15) is 9.59 Å². The van der Waals surface area contributed by atoms with Crippen LogP contribution in [0.15, 0.2) is 36.4 Å². The lowest BCUT2D eigenvalue weighted by Gasteiger charge is -2.36. The van der Waals surface area contributed by atoms with Crippen molar-refractivity contribution in [3.05, 3.63) is 52.5 Å². The highest BCUT2D eigenvalue weighted by atomic mass is 35.5. The van der Waals surface area contributed by atoms with Crippen LogP contribution in [0.4, 0.5) is 11.4 Å². The number of nitrogens with zero attached hydrogens (tertiary/aromatic N) is 3. The van der Waals surface area contributed by atoms with E-state index in [0.29, 0.717) is 25.9 Å². The summed E-state index contributed by atoms with van der Waals surface area (Å²) in [6, 6.07) is 12.1. The van der Waals surface area contributed by atoms with Gasteiger partial charge in [0, 0.05) is 52.1 Å². The van der Waals surface area contributed by atoms with Gasteiger partial charge in [0.15, 0.2) is 0 Å². The smallest absolute Gasteiger partial charge is 0.226 e. The third-order valence-corrected chi connectivity index (χ3v) is 7.30. The lowest BCUT2D eigenvalue weighted by molar-refractivity contribution is -0.118. The molecule has 1 aliphatic heterocycles. The van der Waals surface area contributed by atoms with E-state index in [1.165, 1.54) is 0 Å². The monoisotopic (exact) mass is 543 g/mol. The number of aryl methyl sites for hydroxylation is 2. The van der Waals surface area contributed by atoms with Gasteiger partial charge in [-0.1, -0.05) is 50.6 Å². The van der Waals surface area contributed by atoms with E-state index < -0.39 is 0 Å². The molecule has 38 heavy (non-hydrogen) atoms. The van der Waals surface area contributed by atoms with Crippen LogP contribution in [0.5, 0.6) is 5.75 Å². The summed E-state index contributed by atoms with van der Waals surface area (Å²) in [5, 5.41) is 0.865. The number of ether oxygens (including phenoxy) is 1. The molecule has 0 aromatic heterocycles. The van der Waals surface area contributed by atoms with Crippen LogP contribution in [0.25, 0.3) is 0 Å². The zero-order valence-electron chi connectivity index (χ0n) is 24.0. The maximum Gasteiger partial charge on any atom is 0.226 e. The van der Waals surface area contributed by atoms with E-state index >= 15 is 0 Å². The van der Waals surface area contributed by atoms with E-state index in [1.54, 1.807) is 11.9 Å². The lowest BCUT2D eigenvalue weighted by Crippen LogP contribution is -2.46. The Hall–Kier alpha value is -2.57. The van der Waals surface area contributed by atoms with Gasteiger partial charge >= 0.3 is 0 Å². The number of rotatable bonds is 13. The van der Waals surface area contributed by atoms with Gasteiger partial charge in [0.25, 0.3) is 0 Å². The molecule has 0 spiro atoms. The topological polar surface area (TPSA) is 53.1 Å². The molecule has 0 bridgehead atoms. The molecule has 6 nitrogen and oxygen atoms in total. The van der Waals surface area contributed by atoms with Crippen molar-refractivity contribution in [1.82, 2.24) is 4.90 Å². The first-order valence-corrected chi connectivity index (χ1v) is 14.5. The number of aldehydes is 1.